The Bertz CT molecular complexity index is 1420. The number of nitrogens with one attached hydrogen (secondary N) is 2. The van der Waals surface area contributed by atoms with Crippen LogP contribution in [0.1, 0.15) is 49.8 Å². The average molecular weight is 572 g/mol. The lowest BCUT2D eigenvalue weighted by atomic mass is 9.73. The Balaban J connectivity index is 1.34. The second-order valence-corrected chi connectivity index (χ2v) is 12.8. The normalized spacial score (nSPS) is 33.0. The van der Waals surface area contributed by atoms with Crippen LogP contribution in [0.15, 0.2) is 54.6 Å². The van der Waals surface area contributed by atoms with Crippen molar-refractivity contribution >= 4 is 23.4 Å². The molecule has 8 atom stereocenters. The van der Waals surface area contributed by atoms with E-state index < -0.39 is 29.6 Å². The fourth-order valence-electron chi connectivity index (χ4n) is 7.73. The molecule has 3 fully saturated rings. The van der Waals surface area contributed by atoms with Crippen molar-refractivity contribution in [2.24, 2.45) is 23.7 Å². The molecule has 4 aliphatic rings. The molecular weight excluding hydrogens is 530 g/mol. The van der Waals surface area contributed by atoms with Crippen LogP contribution < -0.4 is 15.4 Å². The van der Waals surface area contributed by atoms with E-state index in [1.54, 1.807) is 12.0 Å². The molecule has 2 bridgehead atoms. The third kappa shape index (κ3) is 4.79. The Hall–Kier alpha value is -3.65. The number of carbonyl (C=O) groups excluding carboxylic acids is 3. The quantitative estimate of drug-likeness (QED) is 0.476. The Morgan fingerprint density at radius 2 is 1.83 bits per heavy atom. The van der Waals surface area contributed by atoms with Gasteiger partial charge >= 0.3 is 0 Å². The van der Waals surface area contributed by atoms with E-state index in [1.165, 1.54) is 0 Å². The number of carbonyl (C=O) groups is 3. The number of methoxy groups -OCH3 is 1. The van der Waals surface area contributed by atoms with Gasteiger partial charge in [0.15, 0.2) is 0 Å². The second kappa shape index (κ2) is 10.9. The number of nitrogens with zero attached hydrogens (tertiary/aromatic N) is 1. The van der Waals surface area contributed by atoms with Gasteiger partial charge in [-0.2, -0.15) is 0 Å². The third-order valence-corrected chi connectivity index (χ3v) is 9.94. The number of likely N-dealkylation sites (tertiary alicyclic amines) is 1. The highest BCUT2D eigenvalue weighted by atomic mass is 16.5. The largest absolute Gasteiger partial charge is 0.497 e. The summed E-state index contributed by atoms with van der Waals surface area (Å²) in [5.41, 5.74) is 2.39. The maximum Gasteiger partial charge on any atom is 0.246 e. The molecule has 8 nitrogen and oxygen atoms in total. The van der Waals surface area contributed by atoms with E-state index in [9.17, 15) is 14.4 Å². The standard InChI is InChI=1S/C34H41N3O5/c1-19-14-20(2)16-24(15-19)35-31(38)28-27-12-13-34(42-27)29(28)33(40)37(18-23-9-7-10-25(17-23)41-5)30(34)32(39)36-26-11-6-8-21(3)22(26)4/h7,9-10,12-17,21-22,26-30H,6,8,11,18H2,1-5H3,(H,35,38)(H,36,39)/t21-,22+,26-,27-,28-,29-,30+,34+/m1/s1. The number of hydrogen-bond donors (Lipinski definition) is 2. The zero-order valence-corrected chi connectivity index (χ0v) is 25.1. The molecule has 0 radical (unpaired) electrons. The van der Waals surface area contributed by atoms with E-state index in [0.717, 1.165) is 36.0 Å². The van der Waals surface area contributed by atoms with Crippen molar-refractivity contribution in [3.8, 4) is 5.75 Å². The first-order chi connectivity index (χ1) is 20.1. The number of amides is 3. The van der Waals surface area contributed by atoms with E-state index >= 15 is 0 Å². The molecule has 2 aromatic rings. The van der Waals surface area contributed by atoms with E-state index in [0.29, 0.717) is 23.3 Å². The lowest BCUT2D eigenvalue weighted by Gasteiger charge is -2.38. The minimum Gasteiger partial charge on any atom is -0.497 e. The predicted octanol–water partition coefficient (Wildman–Crippen LogP) is 4.54. The molecule has 6 rings (SSSR count). The summed E-state index contributed by atoms with van der Waals surface area (Å²) in [5, 5.41) is 6.35. The molecule has 3 aliphatic heterocycles. The molecule has 3 heterocycles. The van der Waals surface area contributed by atoms with Crippen molar-refractivity contribution < 1.29 is 23.9 Å². The fourth-order valence-corrected chi connectivity index (χ4v) is 7.73. The molecule has 8 heteroatoms. The topological polar surface area (TPSA) is 97.0 Å². The molecule has 2 saturated heterocycles. The minimum absolute atomic E-state index is 0.0247. The fraction of sp³-hybridized carbons (Fsp3) is 0.500. The molecule has 42 heavy (non-hydrogen) atoms. The van der Waals surface area contributed by atoms with Crippen molar-refractivity contribution in [2.75, 3.05) is 12.4 Å². The lowest BCUT2D eigenvalue weighted by molar-refractivity contribution is -0.142. The predicted molar refractivity (Wildman–Crippen MR) is 160 cm³/mol. The molecule has 1 saturated carbocycles. The van der Waals surface area contributed by atoms with Crippen LogP contribution in [0.25, 0.3) is 0 Å². The summed E-state index contributed by atoms with van der Waals surface area (Å²) in [6, 6.07) is 12.5. The molecule has 3 amide bonds. The van der Waals surface area contributed by atoms with Crippen LogP contribution in [0.2, 0.25) is 0 Å². The van der Waals surface area contributed by atoms with Crippen LogP contribution >= 0.6 is 0 Å². The van der Waals surface area contributed by atoms with Crippen LogP contribution in [0.3, 0.4) is 0 Å². The van der Waals surface area contributed by atoms with Crippen LogP contribution in [0, 0.1) is 37.5 Å². The Kier molecular flexibility index (Phi) is 7.37. The zero-order chi connectivity index (χ0) is 29.8. The Labute approximate surface area is 247 Å². The highest BCUT2D eigenvalue weighted by Crippen LogP contribution is 2.55. The number of hydrogen-bond acceptors (Lipinski definition) is 5. The highest BCUT2D eigenvalue weighted by Gasteiger charge is 2.72. The smallest absolute Gasteiger partial charge is 0.246 e. The van der Waals surface area contributed by atoms with Gasteiger partial charge in [-0.05, 0) is 73.1 Å². The van der Waals surface area contributed by atoms with Gasteiger partial charge in [-0.3, -0.25) is 14.4 Å². The minimum atomic E-state index is -1.21. The van der Waals surface area contributed by atoms with Crippen molar-refractivity contribution in [3.05, 3.63) is 71.3 Å². The van der Waals surface area contributed by atoms with Gasteiger partial charge in [0, 0.05) is 18.3 Å². The number of benzene rings is 2. The number of anilines is 1. The molecule has 1 spiro atoms. The van der Waals surface area contributed by atoms with Gasteiger partial charge in [-0.25, -0.2) is 0 Å². The lowest BCUT2D eigenvalue weighted by Crippen LogP contribution is -2.57. The molecule has 0 aromatic heterocycles. The van der Waals surface area contributed by atoms with Gasteiger partial charge in [0.25, 0.3) is 0 Å². The summed E-state index contributed by atoms with van der Waals surface area (Å²) < 4.78 is 12.0. The zero-order valence-electron chi connectivity index (χ0n) is 25.1. The SMILES string of the molecule is COc1cccc(CN2C(=O)[C@H]3[C@H](C(=O)Nc4cc(C)cc(C)c4)[C@H]4C=C[C@@]3(O4)[C@@H]2C(=O)N[C@@H]2CCC[C@@H](C)[C@@H]2C)c1. The van der Waals surface area contributed by atoms with Crippen molar-refractivity contribution in [1.82, 2.24) is 10.2 Å². The molecule has 1 aliphatic carbocycles. The second-order valence-electron chi connectivity index (χ2n) is 12.8. The molecule has 2 N–H and O–H groups in total. The van der Waals surface area contributed by atoms with Gasteiger partial charge in [0.2, 0.25) is 17.7 Å². The maximum absolute atomic E-state index is 14.4. The third-order valence-electron chi connectivity index (χ3n) is 9.94. The number of fused-ring (bicyclic) bond motifs is 1. The monoisotopic (exact) mass is 571 g/mol. The van der Waals surface area contributed by atoms with E-state index in [4.69, 9.17) is 9.47 Å². The summed E-state index contributed by atoms with van der Waals surface area (Å²) in [7, 11) is 1.60. The molecule has 0 unspecified atom stereocenters. The van der Waals surface area contributed by atoms with Crippen molar-refractivity contribution in [1.29, 1.82) is 0 Å². The summed E-state index contributed by atoms with van der Waals surface area (Å²) in [5.74, 6) is -0.781. The van der Waals surface area contributed by atoms with Crippen molar-refractivity contribution in [2.45, 2.75) is 77.3 Å². The van der Waals surface area contributed by atoms with Crippen molar-refractivity contribution in [3.63, 3.8) is 0 Å². The van der Waals surface area contributed by atoms with E-state index in [-0.39, 0.29) is 30.3 Å². The van der Waals surface area contributed by atoms with Gasteiger partial charge < -0.3 is 25.0 Å². The van der Waals surface area contributed by atoms with Gasteiger partial charge in [0.05, 0.1) is 25.0 Å². The van der Waals surface area contributed by atoms with Crippen LogP contribution in [0.4, 0.5) is 5.69 Å². The van der Waals surface area contributed by atoms with Crippen LogP contribution in [-0.2, 0) is 25.7 Å². The number of aryl methyl sites for hydroxylation is 2. The molecular formula is C34H41N3O5. The first-order valence-corrected chi connectivity index (χ1v) is 15.1. The van der Waals surface area contributed by atoms with Crippen LogP contribution in [-0.4, -0.2) is 53.5 Å². The first kappa shape index (κ1) is 28.5. The van der Waals surface area contributed by atoms with E-state index in [2.05, 4.69) is 24.5 Å². The highest BCUT2D eigenvalue weighted by molar-refractivity contribution is 6.02. The average Bonchev–Trinajstić information content (AvgIpc) is 3.58. The van der Waals surface area contributed by atoms with E-state index in [1.807, 2.05) is 68.5 Å². The van der Waals surface area contributed by atoms with Crippen LogP contribution in [0.5, 0.6) is 5.75 Å². The summed E-state index contributed by atoms with van der Waals surface area (Å²) >= 11 is 0. The summed E-state index contributed by atoms with van der Waals surface area (Å²) in [6.07, 6.45) is 6.26. The number of ether oxygens (including phenoxy) is 2. The molecule has 222 valence electrons. The Morgan fingerprint density at radius 1 is 1.07 bits per heavy atom. The Morgan fingerprint density at radius 3 is 2.57 bits per heavy atom. The molecule has 2 aromatic carbocycles. The van der Waals surface area contributed by atoms with Gasteiger partial charge in [0.1, 0.15) is 17.4 Å². The summed E-state index contributed by atoms with van der Waals surface area (Å²) in [6.45, 7) is 8.59. The first-order valence-electron chi connectivity index (χ1n) is 15.1. The van der Waals surface area contributed by atoms with Gasteiger partial charge in [-0.1, -0.05) is 57.0 Å². The number of rotatable bonds is 7. The van der Waals surface area contributed by atoms with Gasteiger partial charge in [-0.15, -0.1) is 0 Å². The maximum atomic E-state index is 14.4. The summed E-state index contributed by atoms with van der Waals surface area (Å²) in [4.78, 5) is 44.0.